The van der Waals surface area contributed by atoms with Crippen molar-refractivity contribution in [3.05, 3.63) is 64.5 Å². The number of dihydropyridines is 1. The molecule has 2 rings (SSSR count). The zero-order valence-corrected chi connectivity index (χ0v) is 22.5. The van der Waals surface area contributed by atoms with Gasteiger partial charge in [0.05, 0.1) is 37.6 Å². The van der Waals surface area contributed by atoms with Crippen LogP contribution in [0.5, 0.6) is 0 Å². The maximum absolute atomic E-state index is 13.3. The van der Waals surface area contributed by atoms with Crippen molar-refractivity contribution in [2.45, 2.75) is 53.4 Å². The van der Waals surface area contributed by atoms with Crippen LogP contribution in [0.4, 0.5) is 0 Å². The van der Waals surface area contributed by atoms with Crippen molar-refractivity contribution in [2.24, 2.45) is 5.92 Å². The van der Waals surface area contributed by atoms with Gasteiger partial charge in [-0.1, -0.05) is 70.2 Å². The molecule has 1 aliphatic rings. The quantitative estimate of drug-likeness (QED) is 0.280. The van der Waals surface area contributed by atoms with Crippen LogP contribution < -0.4 is 5.32 Å². The number of carbonyl (C=O) groups is 4. The van der Waals surface area contributed by atoms with Crippen LogP contribution in [0.3, 0.4) is 0 Å². The van der Waals surface area contributed by atoms with E-state index in [1.54, 1.807) is 12.2 Å². The Labute approximate surface area is 223 Å². The highest BCUT2D eigenvalue weighted by Gasteiger charge is 2.42. The molecule has 1 aromatic carbocycles. The second-order valence-corrected chi connectivity index (χ2v) is 8.49. The van der Waals surface area contributed by atoms with Crippen LogP contribution in [-0.4, -0.2) is 50.3 Å². The number of allylic oxidation sites excluding steroid dienone is 1. The van der Waals surface area contributed by atoms with Gasteiger partial charge in [0, 0.05) is 5.92 Å². The van der Waals surface area contributed by atoms with E-state index < -0.39 is 29.8 Å². The minimum atomic E-state index is -1.15. The number of benzene rings is 1. The normalized spacial score (nSPS) is 13.8. The lowest BCUT2D eigenvalue weighted by Gasteiger charge is -2.29. The van der Waals surface area contributed by atoms with Crippen molar-refractivity contribution >= 4 is 30.0 Å². The molecule has 0 spiro atoms. The highest BCUT2D eigenvalue weighted by Crippen LogP contribution is 2.34. The van der Waals surface area contributed by atoms with Crippen LogP contribution in [0.15, 0.2) is 58.9 Å². The van der Waals surface area contributed by atoms with E-state index in [4.69, 9.17) is 18.9 Å². The largest absolute Gasteiger partial charge is 0.462 e. The van der Waals surface area contributed by atoms with Gasteiger partial charge >= 0.3 is 23.9 Å². The SMILES string of the molecule is CCCOC(=O)C1=C(C(=O)OCCC)C(C=Cc2ccccc2)C(C(=O)OCCC)=C(C(=O)OCCC)N1. The molecule has 0 saturated heterocycles. The predicted octanol–water partition coefficient (Wildman–Crippen LogP) is 4.24. The number of hydrogen-bond donors (Lipinski definition) is 1. The van der Waals surface area contributed by atoms with Crippen LogP contribution >= 0.6 is 0 Å². The van der Waals surface area contributed by atoms with Gasteiger partial charge in [-0.05, 0) is 31.2 Å². The van der Waals surface area contributed by atoms with Gasteiger partial charge in [-0.2, -0.15) is 0 Å². The molecular formula is C29H37NO8. The monoisotopic (exact) mass is 527 g/mol. The number of carbonyl (C=O) groups excluding carboxylic acids is 4. The number of ether oxygens (including phenoxy) is 4. The molecule has 0 bridgehead atoms. The lowest BCUT2D eigenvalue weighted by molar-refractivity contribution is -0.145. The second kappa shape index (κ2) is 16.1. The molecular weight excluding hydrogens is 490 g/mol. The maximum atomic E-state index is 13.3. The summed E-state index contributed by atoms with van der Waals surface area (Å²) in [6.45, 7) is 7.70. The fourth-order valence-electron chi connectivity index (χ4n) is 3.54. The summed E-state index contributed by atoms with van der Waals surface area (Å²) in [5.74, 6) is -4.48. The molecule has 0 saturated carbocycles. The summed E-state index contributed by atoms with van der Waals surface area (Å²) in [6, 6.07) is 9.19. The summed E-state index contributed by atoms with van der Waals surface area (Å²) < 4.78 is 21.4. The molecule has 0 aromatic heterocycles. The highest BCUT2D eigenvalue weighted by atomic mass is 16.5. The van der Waals surface area contributed by atoms with E-state index in [-0.39, 0.29) is 49.0 Å². The van der Waals surface area contributed by atoms with E-state index >= 15 is 0 Å². The van der Waals surface area contributed by atoms with Crippen molar-refractivity contribution < 1.29 is 38.1 Å². The minimum absolute atomic E-state index is 0.0938. The molecule has 9 heteroatoms. The lowest BCUT2D eigenvalue weighted by atomic mass is 9.84. The topological polar surface area (TPSA) is 117 Å². The first-order chi connectivity index (χ1) is 18.4. The van der Waals surface area contributed by atoms with Gasteiger partial charge in [0.15, 0.2) is 0 Å². The van der Waals surface area contributed by atoms with Crippen molar-refractivity contribution in [1.29, 1.82) is 0 Å². The van der Waals surface area contributed by atoms with E-state index in [0.717, 1.165) is 5.56 Å². The van der Waals surface area contributed by atoms with Crippen LogP contribution in [0.25, 0.3) is 6.08 Å². The summed E-state index contributed by atoms with van der Waals surface area (Å²) >= 11 is 0. The first-order valence-electron chi connectivity index (χ1n) is 13.1. The molecule has 9 nitrogen and oxygen atoms in total. The number of nitrogens with one attached hydrogen (secondary N) is 1. The maximum Gasteiger partial charge on any atom is 0.355 e. The molecule has 1 N–H and O–H groups in total. The Balaban J connectivity index is 2.78. The second-order valence-electron chi connectivity index (χ2n) is 8.49. The Morgan fingerprint density at radius 1 is 0.658 bits per heavy atom. The molecule has 206 valence electrons. The first-order valence-corrected chi connectivity index (χ1v) is 13.1. The van der Waals surface area contributed by atoms with Gasteiger partial charge in [-0.25, -0.2) is 19.2 Å². The third kappa shape index (κ3) is 8.33. The fraction of sp³-hybridized carbons (Fsp3) is 0.448. The van der Waals surface area contributed by atoms with Crippen LogP contribution in [0, 0.1) is 5.92 Å². The summed E-state index contributed by atoms with van der Waals surface area (Å²) in [4.78, 5) is 53.0. The predicted molar refractivity (Wildman–Crippen MR) is 141 cm³/mol. The summed E-state index contributed by atoms with van der Waals surface area (Å²) in [5, 5.41) is 2.69. The van der Waals surface area contributed by atoms with Crippen molar-refractivity contribution in [1.82, 2.24) is 5.32 Å². The standard InChI is InChI=1S/C29H37NO8/c1-5-16-35-26(31)22-21(15-14-20-12-10-9-11-13-20)23(27(32)36-17-6-2)25(29(34)38-19-8-4)30-24(22)28(33)37-18-7-3/h9-15,21,30H,5-8,16-19H2,1-4H3. The smallest absolute Gasteiger partial charge is 0.355 e. The zero-order chi connectivity index (χ0) is 27.9. The number of hydrogen-bond acceptors (Lipinski definition) is 9. The Morgan fingerprint density at radius 3 is 1.45 bits per heavy atom. The first kappa shape index (κ1) is 30.3. The molecule has 0 amide bonds. The molecule has 1 aliphatic heterocycles. The van der Waals surface area contributed by atoms with E-state index in [0.29, 0.717) is 25.7 Å². The van der Waals surface area contributed by atoms with Gasteiger partial charge in [-0.15, -0.1) is 0 Å². The van der Waals surface area contributed by atoms with Crippen molar-refractivity contribution in [3.8, 4) is 0 Å². The van der Waals surface area contributed by atoms with Crippen molar-refractivity contribution in [2.75, 3.05) is 26.4 Å². The third-order valence-electron chi connectivity index (χ3n) is 5.29. The Kier molecular flexibility index (Phi) is 12.8. The van der Waals surface area contributed by atoms with Crippen LogP contribution in [-0.2, 0) is 38.1 Å². The fourth-order valence-corrected chi connectivity index (χ4v) is 3.54. The average molecular weight is 528 g/mol. The number of rotatable bonds is 14. The Bertz CT molecular complexity index is 1010. The highest BCUT2D eigenvalue weighted by molar-refractivity contribution is 6.09. The van der Waals surface area contributed by atoms with Gasteiger partial charge in [-0.3, -0.25) is 0 Å². The molecule has 1 aromatic rings. The lowest BCUT2D eigenvalue weighted by Crippen LogP contribution is -2.40. The van der Waals surface area contributed by atoms with Gasteiger partial charge in [0.1, 0.15) is 11.4 Å². The number of esters is 4. The molecule has 38 heavy (non-hydrogen) atoms. The molecule has 0 radical (unpaired) electrons. The van der Waals surface area contributed by atoms with Crippen molar-refractivity contribution in [3.63, 3.8) is 0 Å². The zero-order valence-electron chi connectivity index (χ0n) is 22.5. The van der Waals surface area contributed by atoms with Crippen LogP contribution in [0.1, 0.15) is 58.9 Å². The molecule has 0 unspecified atom stereocenters. The van der Waals surface area contributed by atoms with E-state index in [1.165, 1.54) is 0 Å². The van der Waals surface area contributed by atoms with Gasteiger partial charge in [0.2, 0.25) is 0 Å². The minimum Gasteiger partial charge on any atom is -0.462 e. The average Bonchev–Trinajstić information content (AvgIpc) is 2.94. The van der Waals surface area contributed by atoms with E-state index in [2.05, 4.69) is 5.32 Å². The molecule has 1 heterocycles. The van der Waals surface area contributed by atoms with Crippen LogP contribution in [0.2, 0.25) is 0 Å². The van der Waals surface area contributed by atoms with Gasteiger partial charge in [0.25, 0.3) is 0 Å². The van der Waals surface area contributed by atoms with E-state index in [1.807, 2.05) is 58.0 Å². The Morgan fingerprint density at radius 2 is 1.05 bits per heavy atom. The molecule has 0 aliphatic carbocycles. The molecule has 0 atom stereocenters. The summed E-state index contributed by atoms with van der Waals surface area (Å²) in [6.07, 6.45) is 5.44. The summed E-state index contributed by atoms with van der Waals surface area (Å²) in [7, 11) is 0. The Hall–Kier alpha value is -3.88. The summed E-state index contributed by atoms with van der Waals surface area (Å²) in [5.41, 5.74) is -0.0845. The third-order valence-corrected chi connectivity index (χ3v) is 5.29. The van der Waals surface area contributed by atoms with E-state index in [9.17, 15) is 19.2 Å². The molecule has 0 fully saturated rings. The van der Waals surface area contributed by atoms with Gasteiger partial charge < -0.3 is 24.3 Å².